The molecule has 0 saturated heterocycles. The van der Waals surface area contributed by atoms with E-state index in [1.807, 2.05) is 0 Å². The molecule has 0 heterocycles. The fourth-order valence-corrected chi connectivity index (χ4v) is 2.26. The molecule has 0 aliphatic rings. The van der Waals surface area contributed by atoms with Gasteiger partial charge in [0.25, 0.3) is 5.69 Å². The van der Waals surface area contributed by atoms with Crippen molar-refractivity contribution in [3.63, 3.8) is 0 Å². The normalized spacial score (nSPS) is 11.4. The van der Waals surface area contributed by atoms with Crippen LogP contribution in [0.2, 0.25) is 10.0 Å². The van der Waals surface area contributed by atoms with E-state index in [1.54, 1.807) is 0 Å². The summed E-state index contributed by atoms with van der Waals surface area (Å²) in [6.07, 6.45) is 0. The van der Waals surface area contributed by atoms with E-state index in [0.29, 0.717) is 0 Å². The third kappa shape index (κ3) is 2.37. The Kier molecular flexibility index (Phi) is 3.19. The number of benzene rings is 1. The summed E-state index contributed by atoms with van der Waals surface area (Å²) in [6.45, 7) is 0. The van der Waals surface area contributed by atoms with Crippen LogP contribution >= 0.6 is 23.2 Å². The highest BCUT2D eigenvalue weighted by Crippen LogP contribution is 2.35. The SMILES string of the molecule is NS(=O)(=O)c1ccc([N+](=O)[O-])c(Cl)c1Cl. The molecule has 0 atom stereocenters. The fourth-order valence-electron chi connectivity index (χ4n) is 0.882. The van der Waals surface area contributed by atoms with Gasteiger partial charge in [0.2, 0.25) is 10.0 Å². The molecule has 1 rings (SSSR count). The van der Waals surface area contributed by atoms with Gasteiger partial charge in [-0.2, -0.15) is 0 Å². The maximum absolute atomic E-state index is 11.0. The van der Waals surface area contributed by atoms with Crippen molar-refractivity contribution >= 4 is 38.9 Å². The smallest absolute Gasteiger partial charge is 0.258 e. The lowest BCUT2D eigenvalue weighted by molar-refractivity contribution is -0.384. The Labute approximate surface area is 94.8 Å². The molecular weight excluding hydrogens is 267 g/mol. The number of rotatable bonds is 2. The number of sulfonamides is 1. The monoisotopic (exact) mass is 270 g/mol. The van der Waals surface area contributed by atoms with Gasteiger partial charge in [-0.25, -0.2) is 13.6 Å². The fraction of sp³-hybridized carbons (Fsp3) is 0. The second-order valence-corrected chi connectivity index (χ2v) is 4.80. The number of hydrogen-bond donors (Lipinski definition) is 1. The molecule has 6 nitrogen and oxygen atoms in total. The standard InChI is InChI=1S/C6H4Cl2N2O4S/c7-5-3(10(11)12)1-2-4(6(5)8)15(9,13)14/h1-2H,(H2,9,13,14). The van der Waals surface area contributed by atoms with E-state index < -0.39 is 35.6 Å². The average Bonchev–Trinajstić information content (AvgIpc) is 2.06. The van der Waals surface area contributed by atoms with Crippen LogP contribution in [0.25, 0.3) is 0 Å². The summed E-state index contributed by atoms with van der Waals surface area (Å²) >= 11 is 11.0. The lowest BCUT2D eigenvalue weighted by atomic mass is 10.3. The third-order valence-corrected chi connectivity index (χ3v) is 3.47. The van der Waals surface area contributed by atoms with E-state index in [0.717, 1.165) is 12.1 Å². The quantitative estimate of drug-likeness (QED) is 0.650. The molecule has 0 amide bonds. The summed E-state index contributed by atoms with van der Waals surface area (Å²) < 4.78 is 21.9. The molecule has 0 saturated carbocycles. The number of nitrogens with zero attached hydrogens (tertiary/aromatic N) is 1. The molecule has 82 valence electrons. The maximum atomic E-state index is 11.0. The van der Waals surface area contributed by atoms with E-state index >= 15 is 0 Å². The lowest BCUT2D eigenvalue weighted by Gasteiger charge is -2.03. The molecule has 2 N–H and O–H groups in total. The van der Waals surface area contributed by atoms with Crippen molar-refractivity contribution < 1.29 is 13.3 Å². The van der Waals surface area contributed by atoms with Crippen LogP contribution in [0.15, 0.2) is 17.0 Å². The zero-order valence-electron chi connectivity index (χ0n) is 6.98. The molecule has 0 fully saturated rings. The van der Waals surface area contributed by atoms with Crippen LogP contribution in [0.3, 0.4) is 0 Å². The van der Waals surface area contributed by atoms with E-state index in [1.165, 1.54) is 0 Å². The van der Waals surface area contributed by atoms with Gasteiger partial charge in [-0.1, -0.05) is 23.2 Å². The summed E-state index contributed by atoms with van der Waals surface area (Å²) in [5.41, 5.74) is -0.478. The molecule has 1 aromatic rings. The first-order chi connectivity index (χ1) is 6.75. The predicted molar refractivity (Wildman–Crippen MR) is 54.5 cm³/mol. The van der Waals surface area contributed by atoms with Crippen LogP contribution in [0.4, 0.5) is 5.69 Å². The summed E-state index contributed by atoms with van der Waals surface area (Å²) in [4.78, 5) is 9.20. The lowest BCUT2D eigenvalue weighted by Crippen LogP contribution is -2.13. The Bertz CT molecular complexity index is 528. The minimum Gasteiger partial charge on any atom is -0.258 e. The number of primary sulfonamides is 1. The van der Waals surface area contributed by atoms with Gasteiger partial charge in [-0.3, -0.25) is 10.1 Å². The van der Waals surface area contributed by atoms with Crippen molar-refractivity contribution in [2.45, 2.75) is 4.90 Å². The van der Waals surface area contributed by atoms with Crippen molar-refractivity contribution in [3.05, 3.63) is 32.3 Å². The average molecular weight is 271 g/mol. The Hall–Kier alpha value is -0.890. The van der Waals surface area contributed by atoms with Crippen LogP contribution in [0.5, 0.6) is 0 Å². The first-order valence-electron chi connectivity index (χ1n) is 3.40. The third-order valence-electron chi connectivity index (χ3n) is 1.53. The molecule has 0 bridgehead atoms. The largest absolute Gasteiger partial charge is 0.289 e. The predicted octanol–water partition coefficient (Wildman–Crippen LogP) is 1.55. The molecule has 0 aromatic heterocycles. The Morgan fingerprint density at radius 2 is 1.80 bits per heavy atom. The Morgan fingerprint density at radius 1 is 1.27 bits per heavy atom. The summed E-state index contributed by atoms with van der Waals surface area (Å²) in [5, 5.41) is 14.3. The first-order valence-corrected chi connectivity index (χ1v) is 5.70. The van der Waals surface area contributed by atoms with E-state index in [4.69, 9.17) is 28.3 Å². The molecule has 0 spiro atoms. The minimum absolute atomic E-state index is 0.445. The van der Waals surface area contributed by atoms with E-state index in [2.05, 4.69) is 0 Å². The molecular formula is C6H4Cl2N2O4S. The van der Waals surface area contributed by atoms with Crippen LogP contribution in [0.1, 0.15) is 0 Å². The van der Waals surface area contributed by atoms with Crippen molar-refractivity contribution in [1.82, 2.24) is 0 Å². The van der Waals surface area contributed by atoms with E-state index in [-0.39, 0.29) is 0 Å². The van der Waals surface area contributed by atoms with Gasteiger partial charge in [0.1, 0.15) is 9.92 Å². The molecule has 0 radical (unpaired) electrons. The highest BCUT2D eigenvalue weighted by Gasteiger charge is 2.22. The van der Waals surface area contributed by atoms with Gasteiger partial charge in [0.05, 0.1) is 9.95 Å². The minimum atomic E-state index is -4.04. The first kappa shape index (κ1) is 12.2. The van der Waals surface area contributed by atoms with Crippen LogP contribution in [-0.2, 0) is 10.0 Å². The molecule has 0 unspecified atom stereocenters. The van der Waals surface area contributed by atoms with Gasteiger partial charge in [0, 0.05) is 6.07 Å². The summed E-state index contributed by atoms with van der Waals surface area (Å²) in [6, 6.07) is 1.86. The highest BCUT2D eigenvalue weighted by molar-refractivity contribution is 7.89. The molecule has 9 heteroatoms. The Balaban J connectivity index is 3.55. The molecule has 0 aliphatic heterocycles. The van der Waals surface area contributed by atoms with Crippen LogP contribution in [0, 0.1) is 10.1 Å². The van der Waals surface area contributed by atoms with Crippen LogP contribution in [-0.4, -0.2) is 13.3 Å². The van der Waals surface area contributed by atoms with Gasteiger partial charge < -0.3 is 0 Å². The second-order valence-electron chi connectivity index (χ2n) is 2.51. The van der Waals surface area contributed by atoms with Crippen molar-refractivity contribution in [1.29, 1.82) is 0 Å². The van der Waals surface area contributed by atoms with Crippen LogP contribution < -0.4 is 5.14 Å². The number of nitro groups is 1. The van der Waals surface area contributed by atoms with E-state index in [9.17, 15) is 18.5 Å². The number of nitrogens with two attached hydrogens (primary N) is 1. The molecule has 15 heavy (non-hydrogen) atoms. The van der Waals surface area contributed by atoms with Crippen molar-refractivity contribution in [2.24, 2.45) is 5.14 Å². The summed E-state index contributed by atoms with van der Waals surface area (Å²) in [5.74, 6) is 0. The van der Waals surface area contributed by atoms with Gasteiger partial charge >= 0.3 is 0 Å². The van der Waals surface area contributed by atoms with Gasteiger partial charge in [-0.15, -0.1) is 0 Å². The summed E-state index contributed by atoms with van der Waals surface area (Å²) in [7, 11) is -4.04. The van der Waals surface area contributed by atoms with Gasteiger partial charge in [0.15, 0.2) is 0 Å². The zero-order valence-corrected chi connectivity index (χ0v) is 9.30. The van der Waals surface area contributed by atoms with Crippen molar-refractivity contribution in [3.8, 4) is 0 Å². The maximum Gasteiger partial charge on any atom is 0.289 e. The molecule has 0 aliphatic carbocycles. The highest BCUT2D eigenvalue weighted by atomic mass is 35.5. The second kappa shape index (κ2) is 3.93. The van der Waals surface area contributed by atoms with Crippen molar-refractivity contribution in [2.75, 3.05) is 0 Å². The number of hydrogen-bond acceptors (Lipinski definition) is 4. The van der Waals surface area contributed by atoms with Gasteiger partial charge in [-0.05, 0) is 6.07 Å². The number of nitro benzene ring substituents is 1. The molecule has 1 aromatic carbocycles. The zero-order chi connectivity index (χ0) is 11.8. The number of halogens is 2. The Morgan fingerprint density at radius 3 is 2.20 bits per heavy atom. The topological polar surface area (TPSA) is 103 Å².